The molecule has 1 aliphatic carbocycles. The number of ether oxygens (including phenoxy) is 1. The van der Waals surface area contributed by atoms with E-state index in [1.54, 1.807) is 0 Å². The molecular weight excluding hydrogens is 244 g/mol. The summed E-state index contributed by atoms with van der Waals surface area (Å²) < 4.78 is 11.2. The fraction of sp³-hybridized carbons (Fsp3) is 0.846. The van der Waals surface area contributed by atoms with Crippen molar-refractivity contribution in [2.45, 2.75) is 43.9 Å². The quantitative estimate of drug-likeness (QED) is 0.878. The van der Waals surface area contributed by atoms with Gasteiger partial charge in [-0.3, -0.25) is 4.90 Å². The molecule has 2 aliphatic heterocycles. The number of morpholine rings is 1. The standard InChI is InChI=1S/C13H20N4O2/c14-11(8-3-4-8)13-15-12(16-19-13)10-6-17-5-1-2-9(17)7-18-10/h8-11H,1-7,14H2. The summed E-state index contributed by atoms with van der Waals surface area (Å²) in [4.78, 5) is 6.93. The summed E-state index contributed by atoms with van der Waals surface area (Å²) in [5.74, 6) is 1.77. The van der Waals surface area contributed by atoms with Gasteiger partial charge in [-0.25, -0.2) is 0 Å². The SMILES string of the molecule is NC(c1nc(C2CN3CCCC3CO2)no1)C1CC1. The first kappa shape index (κ1) is 11.8. The van der Waals surface area contributed by atoms with E-state index in [9.17, 15) is 0 Å². The molecule has 1 saturated carbocycles. The number of fused-ring (bicyclic) bond motifs is 1. The predicted octanol–water partition coefficient (Wildman–Crippen LogP) is 1.02. The first-order valence-electron chi connectivity index (χ1n) is 7.26. The maximum atomic E-state index is 6.08. The van der Waals surface area contributed by atoms with E-state index >= 15 is 0 Å². The number of nitrogens with two attached hydrogens (primary N) is 1. The zero-order valence-corrected chi connectivity index (χ0v) is 11.0. The number of hydrogen-bond donors (Lipinski definition) is 1. The lowest BCUT2D eigenvalue weighted by Crippen LogP contribution is -2.42. The van der Waals surface area contributed by atoms with Crippen LogP contribution in [0.1, 0.15) is 49.5 Å². The van der Waals surface area contributed by atoms with Gasteiger partial charge in [-0.05, 0) is 38.1 Å². The summed E-state index contributed by atoms with van der Waals surface area (Å²) in [6.45, 7) is 2.82. The third-order valence-corrected chi connectivity index (χ3v) is 4.55. The molecule has 1 aromatic heterocycles. The first-order valence-corrected chi connectivity index (χ1v) is 7.26. The van der Waals surface area contributed by atoms with Crippen LogP contribution in [-0.4, -0.2) is 40.8 Å². The van der Waals surface area contributed by atoms with Crippen molar-refractivity contribution in [3.63, 3.8) is 0 Å². The molecule has 3 atom stereocenters. The van der Waals surface area contributed by atoms with Gasteiger partial charge < -0.3 is 15.0 Å². The molecule has 0 bridgehead atoms. The Bertz CT molecular complexity index is 459. The molecule has 6 heteroatoms. The molecule has 1 aromatic rings. The Morgan fingerprint density at radius 3 is 3.05 bits per heavy atom. The van der Waals surface area contributed by atoms with Crippen LogP contribution in [0.4, 0.5) is 0 Å². The minimum Gasteiger partial charge on any atom is -0.367 e. The van der Waals surface area contributed by atoms with Gasteiger partial charge in [0, 0.05) is 12.6 Å². The van der Waals surface area contributed by atoms with Crippen LogP contribution in [0.2, 0.25) is 0 Å². The van der Waals surface area contributed by atoms with Crippen LogP contribution < -0.4 is 5.73 Å². The lowest BCUT2D eigenvalue weighted by Gasteiger charge is -2.33. The van der Waals surface area contributed by atoms with Crippen molar-refractivity contribution in [3.05, 3.63) is 11.7 Å². The second kappa shape index (κ2) is 4.54. The predicted molar refractivity (Wildman–Crippen MR) is 67.2 cm³/mol. The molecule has 3 heterocycles. The van der Waals surface area contributed by atoms with Crippen LogP contribution >= 0.6 is 0 Å². The second-order valence-electron chi connectivity index (χ2n) is 5.97. The normalized spacial score (nSPS) is 33.3. The highest BCUT2D eigenvalue weighted by molar-refractivity contribution is 5.02. The highest BCUT2D eigenvalue weighted by Crippen LogP contribution is 2.39. The number of aromatic nitrogens is 2. The summed E-state index contributed by atoms with van der Waals surface area (Å²) in [6.07, 6.45) is 4.81. The van der Waals surface area contributed by atoms with Crippen LogP contribution in [-0.2, 0) is 4.74 Å². The van der Waals surface area contributed by atoms with Gasteiger partial charge in [0.25, 0.3) is 0 Å². The Hall–Kier alpha value is -0.980. The van der Waals surface area contributed by atoms with E-state index in [0.29, 0.717) is 23.7 Å². The molecule has 0 aromatic carbocycles. The monoisotopic (exact) mass is 264 g/mol. The maximum absolute atomic E-state index is 6.08. The topological polar surface area (TPSA) is 77.4 Å². The second-order valence-corrected chi connectivity index (χ2v) is 5.97. The smallest absolute Gasteiger partial charge is 0.243 e. The molecule has 104 valence electrons. The van der Waals surface area contributed by atoms with Crippen molar-refractivity contribution in [2.75, 3.05) is 19.7 Å². The maximum Gasteiger partial charge on any atom is 0.243 e. The van der Waals surface area contributed by atoms with Gasteiger partial charge in [0.05, 0.1) is 12.6 Å². The summed E-state index contributed by atoms with van der Waals surface area (Å²) in [6, 6.07) is 0.501. The zero-order chi connectivity index (χ0) is 12.8. The van der Waals surface area contributed by atoms with Gasteiger partial charge in [0.15, 0.2) is 0 Å². The van der Waals surface area contributed by atoms with E-state index in [2.05, 4.69) is 15.0 Å². The van der Waals surface area contributed by atoms with E-state index in [-0.39, 0.29) is 12.1 Å². The highest BCUT2D eigenvalue weighted by Gasteiger charge is 2.37. The summed E-state index contributed by atoms with van der Waals surface area (Å²) >= 11 is 0. The van der Waals surface area contributed by atoms with Crippen molar-refractivity contribution < 1.29 is 9.26 Å². The van der Waals surface area contributed by atoms with Crippen LogP contribution in [0.3, 0.4) is 0 Å². The average Bonchev–Trinajstić information content (AvgIpc) is 2.99. The fourth-order valence-corrected chi connectivity index (χ4v) is 3.14. The molecule has 6 nitrogen and oxygen atoms in total. The fourth-order valence-electron chi connectivity index (χ4n) is 3.14. The van der Waals surface area contributed by atoms with Crippen molar-refractivity contribution in [2.24, 2.45) is 11.7 Å². The van der Waals surface area contributed by atoms with Crippen LogP contribution in [0.15, 0.2) is 4.52 Å². The third kappa shape index (κ3) is 2.17. The lowest BCUT2D eigenvalue weighted by atomic mass is 10.2. The molecule has 0 amide bonds. The molecule has 3 aliphatic rings. The van der Waals surface area contributed by atoms with Gasteiger partial charge in [0.1, 0.15) is 6.10 Å². The van der Waals surface area contributed by atoms with Gasteiger partial charge in [-0.2, -0.15) is 4.98 Å². The minimum atomic E-state index is -0.0932. The molecule has 19 heavy (non-hydrogen) atoms. The summed E-state index contributed by atoms with van der Waals surface area (Å²) in [5, 5.41) is 4.07. The Morgan fingerprint density at radius 2 is 2.21 bits per heavy atom. The molecule has 4 rings (SSSR count). The molecule has 3 unspecified atom stereocenters. The van der Waals surface area contributed by atoms with Crippen LogP contribution in [0, 0.1) is 5.92 Å². The molecule has 0 radical (unpaired) electrons. The largest absolute Gasteiger partial charge is 0.367 e. The summed E-state index contributed by atoms with van der Waals surface area (Å²) in [7, 11) is 0. The average molecular weight is 264 g/mol. The number of hydrogen-bond acceptors (Lipinski definition) is 6. The molecule has 2 N–H and O–H groups in total. The van der Waals surface area contributed by atoms with Crippen molar-refractivity contribution >= 4 is 0 Å². The van der Waals surface area contributed by atoms with E-state index in [1.165, 1.54) is 25.7 Å². The van der Waals surface area contributed by atoms with Gasteiger partial charge in [-0.1, -0.05) is 5.16 Å². The van der Waals surface area contributed by atoms with Crippen molar-refractivity contribution in [1.29, 1.82) is 0 Å². The molecular formula is C13H20N4O2. The van der Waals surface area contributed by atoms with Crippen molar-refractivity contribution in [3.8, 4) is 0 Å². The van der Waals surface area contributed by atoms with Crippen molar-refractivity contribution in [1.82, 2.24) is 15.0 Å². The summed E-state index contributed by atoms with van der Waals surface area (Å²) in [5.41, 5.74) is 6.08. The lowest BCUT2D eigenvalue weighted by molar-refractivity contribution is -0.0548. The molecule has 3 fully saturated rings. The Kier molecular flexibility index (Phi) is 2.82. The zero-order valence-electron chi connectivity index (χ0n) is 11.0. The molecule has 0 spiro atoms. The number of rotatable bonds is 3. The van der Waals surface area contributed by atoms with Crippen LogP contribution in [0.25, 0.3) is 0 Å². The molecule has 2 saturated heterocycles. The number of nitrogens with zero attached hydrogens (tertiary/aromatic N) is 3. The van der Waals surface area contributed by atoms with E-state index < -0.39 is 0 Å². The highest BCUT2D eigenvalue weighted by atomic mass is 16.5. The van der Waals surface area contributed by atoms with E-state index in [1.807, 2.05) is 0 Å². The van der Waals surface area contributed by atoms with Crippen LogP contribution in [0.5, 0.6) is 0 Å². The first-order chi connectivity index (χ1) is 9.31. The third-order valence-electron chi connectivity index (χ3n) is 4.55. The Balaban J connectivity index is 1.46. The Morgan fingerprint density at radius 1 is 1.32 bits per heavy atom. The van der Waals surface area contributed by atoms with Gasteiger partial charge in [0.2, 0.25) is 11.7 Å². The minimum absolute atomic E-state index is 0.0572. The van der Waals surface area contributed by atoms with E-state index in [4.69, 9.17) is 15.0 Å². The van der Waals surface area contributed by atoms with Gasteiger partial charge >= 0.3 is 0 Å². The Labute approximate surface area is 112 Å². The van der Waals surface area contributed by atoms with E-state index in [0.717, 1.165) is 19.7 Å². The van der Waals surface area contributed by atoms with Gasteiger partial charge in [-0.15, -0.1) is 0 Å².